The van der Waals surface area contributed by atoms with Crippen LogP contribution in [0.5, 0.6) is 5.88 Å². The highest BCUT2D eigenvalue weighted by Gasteiger charge is 2.34. The molecule has 2 aromatic heterocycles. The maximum absolute atomic E-state index is 5.92. The van der Waals surface area contributed by atoms with Gasteiger partial charge in [0.1, 0.15) is 11.5 Å². The summed E-state index contributed by atoms with van der Waals surface area (Å²) in [7, 11) is 3.61. The van der Waals surface area contributed by atoms with Gasteiger partial charge in [0.25, 0.3) is 0 Å². The number of halogens is 1. The molecular weight excluding hydrogens is 326 g/mol. The Kier molecular flexibility index (Phi) is 5.35. The summed E-state index contributed by atoms with van der Waals surface area (Å²) in [5, 5.41) is 8.15. The van der Waals surface area contributed by atoms with Gasteiger partial charge in [-0.25, -0.2) is 4.68 Å². The Morgan fingerprint density at radius 1 is 1.42 bits per heavy atom. The molecule has 1 atom stereocenters. The van der Waals surface area contributed by atoms with Gasteiger partial charge in [-0.3, -0.25) is 0 Å². The van der Waals surface area contributed by atoms with E-state index in [1.807, 2.05) is 20.9 Å². The average molecular weight is 354 g/mol. The lowest BCUT2D eigenvalue weighted by Gasteiger charge is -2.34. The Labute approximate surface area is 150 Å². The minimum absolute atomic E-state index is 0. The quantitative estimate of drug-likeness (QED) is 0.906. The second-order valence-electron chi connectivity index (χ2n) is 7.41. The molecule has 0 spiro atoms. The molecule has 0 bridgehead atoms. The fourth-order valence-corrected chi connectivity index (χ4v) is 3.73. The molecule has 1 aliphatic rings. The highest BCUT2D eigenvalue weighted by atomic mass is 35.5. The molecule has 0 saturated heterocycles. The van der Waals surface area contributed by atoms with E-state index in [4.69, 9.17) is 9.15 Å². The minimum Gasteiger partial charge on any atom is -0.481 e. The lowest BCUT2D eigenvalue weighted by molar-refractivity contribution is 0.233. The van der Waals surface area contributed by atoms with Crippen LogP contribution in [0.4, 0.5) is 0 Å². The van der Waals surface area contributed by atoms with Crippen molar-refractivity contribution in [2.45, 2.75) is 53.1 Å². The molecule has 134 valence electrons. The number of aryl methyl sites for hydroxylation is 3. The van der Waals surface area contributed by atoms with E-state index in [0.29, 0.717) is 6.04 Å². The van der Waals surface area contributed by atoms with Gasteiger partial charge >= 0.3 is 0 Å². The third kappa shape index (κ3) is 3.47. The zero-order valence-electron chi connectivity index (χ0n) is 15.4. The van der Waals surface area contributed by atoms with Gasteiger partial charge in [0, 0.05) is 31.6 Å². The van der Waals surface area contributed by atoms with Gasteiger partial charge in [0.15, 0.2) is 0 Å². The fourth-order valence-electron chi connectivity index (χ4n) is 3.73. The third-order valence-corrected chi connectivity index (χ3v) is 4.74. The smallest absolute Gasteiger partial charge is 0.216 e. The van der Waals surface area contributed by atoms with Crippen molar-refractivity contribution in [3.8, 4) is 5.88 Å². The first-order valence-corrected chi connectivity index (χ1v) is 8.20. The van der Waals surface area contributed by atoms with Crippen LogP contribution >= 0.6 is 12.4 Å². The number of rotatable bonds is 4. The number of ether oxygens (including phenoxy) is 1. The summed E-state index contributed by atoms with van der Waals surface area (Å²) in [5.74, 6) is 2.95. The highest BCUT2D eigenvalue weighted by Crippen LogP contribution is 2.42. The molecule has 2 heterocycles. The summed E-state index contributed by atoms with van der Waals surface area (Å²) >= 11 is 0. The van der Waals surface area contributed by atoms with E-state index in [1.165, 1.54) is 5.56 Å². The van der Waals surface area contributed by atoms with Gasteiger partial charge in [-0.2, -0.15) is 5.10 Å². The fraction of sp³-hybridized carbons (Fsp3) is 0.611. The van der Waals surface area contributed by atoms with E-state index in [1.54, 1.807) is 11.8 Å². The second-order valence-corrected chi connectivity index (χ2v) is 7.41. The number of hydrogen-bond donors (Lipinski definition) is 1. The van der Waals surface area contributed by atoms with E-state index in [-0.39, 0.29) is 17.8 Å². The van der Waals surface area contributed by atoms with E-state index >= 15 is 0 Å². The normalized spacial score (nSPS) is 18.8. The number of aromatic nitrogens is 2. The van der Waals surface area contributed by atoms with E-state index < -0.39 is 0 Å². The summed E-state index contributed by atoms with van der Waals surface area (Å²) in [5.41, 5.74) is 3.68. The number of hydrogen-bond acceptors (Lipinski definition) is 4. The standard InChI is InChI=1S/C18H27N3O2.ClH/c1-11-7-13-15(8-18(3,4)9-16(13)23-11)19-10-14-12(2)20-21(5)17(14)22-6;/h7,15,19H,8-10H2,1-6H3;1H. The predicted octanol–water partition coefficient (Wildman–Crippen LogP) is 3.86. The number of fused-ring (bicyclic) bond motifs is 1. The van der Waals surface area contributed by atoms with Crippen LogP contribution in [0.1, 0.15) is 54.7 Å². The van der Waals surface area contributed by atoms with E-state index in [2.05, 4.69) is 30.3 Å². The molecule has 1 N–H and O–H groups in total. The molecule has 1 aliphatic carbocycles. The van der Waals surface area contributed by atoms with E-state index in [0.717, 1.165) is 48.0 Å². The van der Waals surface area contributed by atoms with Crippen molar-refractivity contribution in [2.24, 2.45) is 12.5 Å². The lowest BCUT2D eigenvalue weighted by atomic mass is 9.74. The Morgan fingerprint density at radius 3 is 2.79 bits per heavy atom. The van der Waals surface area contributed by atoms with Crippen molar-refractivity contribution in [1.82, 2.24) is 15.1 Å². The molecule has 0 amide bonds. The summed E-state index contributed by atoms with van der Waals surface area (Å²) in [4.78, 5) is 0. The molecule has 1 unspecified atom stereocenters. The molecule has 6 heteroatoms. The number of furan rings is 1. The molecule has 24 heavy (non-hydrogen) atoms. The zero-order chi connectivity index (χ0) is 16.8. The minimum atomic E-state index is 0. The maximum Gasteiger partial charge on any atom is 0.216 e. The summed E-state index contributed by atoms with van der Waals surface area (Å²) < 4.78 is 13.2. The Morgan fingerprint density at radius 2 is 2.12 bits per heavy atom. The first-order chi connectivity index (χ1) is 10.8. The monoisotopic (exact) mass is 353 g/mol. The van der Waals surface area contributed by atoms with Crippen molar-refractivity contribution < 1.29 is 9.15 Å². The van der Waals surface area contributed by atoms with Crippen LogP contribution in [0.15, 0.2) is 10.5 Å². The molecule has 0 aliphatic heterocycles. The SMILES string of the molecule is COc1c(CNC2CC(C)(C)Cc3oc(C)cc32)c(C)nn1C.Cl. The van der Waals surface area contributed by atoms with Crippen LogP contribution in [-0.4, -0.2) is 16.9 Å². The Hall–Kier alpha value is -1.46. The maximum atomic E-state index is 5.92. The largest absolute Gasteiger partial charge is 0.481 e. The third-order valence-electron chi connectivity index (χ3n) is 4.74. The average Bonchev–Trinajstić information content (AvgIpc) is 2.93. The van der Waals surface area contributed by atoms with Crippen LogP contribution in [0.25, 0.3) is 0 Å². The summed E-state index contributed by atoms with van der Waals surface area (Å²) in [6, 6.07) is 2.48. The molecule has 0 fully saturated rings. The Bertz CT molecular complexity index is 718. The molecule has 3 rings (SSSR count). The van der Waals surface area contributed by atoms with Crippen LogP contribution in [0.2, 0.25) is 0 Å². The van der Waals surface area contributed by atoms with Gasteiger partial charge < -0.3 is 14.5 Å². The number of methoxy groups -OCH3 is 1. The number of nitrogens with zero attached hydrogens (tertiary/aromatic N) is 2. The summed E-state index contributed by atoms with van der Waals surface area (Å²) in [6.45, 7) is 9.40. The highest BCUT2D eigenvalue weighted by molar-refractivity contribution is 5.85. The first-order valence-electron chi connectivity index (χ1n) is 8.20. The van der Waals surface area contributed by atoms with Crippen LogP contribution in [0.3, 0.4) is 0 Å². The number of nitrogens with one attached hydrogen (secondary N) is 1. The zero-order valence-corrected chi connectivity index (χ0v) is 16.2. The van der Waals surface area contributed by atoms with Crippen molar-refractivity contribution >= 4 is 12.4 Å². The molecule has 5 nitrogen and oxygen atoms in total. The predicted molar refractivity (Wildman–Crippen MR) is 96.9 cm³/mol. The topological polar surface area (TPSA) is 52.2 Å². The van der Waals surface area contributed by atoms with Crippen molar-refractivity contribution in [2.75, 3.05) is 7.11 Å². The molecular formula is C18H28ClN3O2. The first kappa shape index (κ1) is 18.9. The van der Waals surface area contributed by atoms with Gasteiger partial charge in [-0.15, -0.1) is 12.4 Å². The molecule has 0 saturated carbocycles. The Balaban J connectivity index is 0.00000208. The lowest BCUT2D eigenvalue weighted by Crippen LogP contribution is -2.32. The van der Waals surface area contributed by atoms with Crippen LogP contribution in [-0.2, 0) is 20.0 Å². The molecule has 0 radical (unpaired) electrons. The van der Waals surface area contributed by atoms with Crippen molar-refractivity contribution in [3.63, 3.8) is 0 Å². The second kappa shape index (κ2) is 6.81. The van der Waals surface area contributed by atoms with Crippen LogP contribution < -0.4 is 10.1 Å². The van der Waals surface area contributed by atoms with Gasteiger partial charge in [0.2, 0.25) is 5.88 Å². The van der Waals surface area contributed by atoms with Crippen LogP contribution in [0, 0.1) is 19.3 Å². The van der Waals surface area contributed by atoms with E-state index in [9.17, 15) is 0 Å². The van der Waals surface area contributed by atoms with Crippen molar-refractivity contribution in [1.29, 1.82) is 0 Å². The summed E-state index contributed by atoms with van der Waals surface area (Å²) in [6.07, 6.45) is 2.10. The van der Waals surface area contributed by atoms with Gasteiger partial charge in [0.05, 0.1) is 18.4 Å². The molecule has 0 aromatic carbocycles. The van der Waals surface area contributed by atoms with Gasteiger partial charge in [-0.1, -0.05) is 13.8 Å². The van der Waals surface area contributed by atoms with Gasteiger partial charge in [-0.05, 0) is 31.7 Å². The van der Waals surface area contributed by atoms with Crippen molar-refractivity contribution in [3.05, 3.63) is 34.4 Å². The molecule has 2 aromatic rings.